The number of benzene rings is 3. The van der Waals surface area contributed by atoms with E-state index in [0.29, 0.717) is 0 Å². The van der Waals surface area contributed by atoms with Crippen molar-refractivity contribution in [2.45, 2.75) is 39.5 Å². The third-order valence-electron chi connectivity index (χ3n) is 6.67. The maximum absolute atomic E-state index is 2.52. The molecule has 0 radical (unpaired) electrons. The normalized spacial score (nSPS) is 13.9. The first-order valence-electron chi connectivity index (χ1n) is 12.1. The van der Waals surface area contributed by atoms with Crippen LogP contribution in [0, 0.1) is 0 Å². The maximum atomic E-state index is 2.52. The molecule has 2 aliphatic heterocycles. The van der Waals surface area contributed by atoms with E-state index in [1.54, 1.807) is 0 Å². The number of anilines is 6. The van der Waals surface area contributed by atoms with Gasteiger partial charge in [0.25, 0.3) is 0 Å². The minimum absolute atomic E-state index is 0. The van der Waals surface area contributed by atoms with Crippen molar-refractivity contribution in [3.8, 4) is 0 Å². The molecule has 4 nitrogen and oxygen atoms in total. The Bertz CT molecular complexity index is 993. The highest BCUT2D eigenvalue weighted by molar-refractivity contribution is 14.0. The van der Waals surface area contributed by atoms with Gasteiger partial charge in [-0.25, -0.2) is 0 Å². The Kier molecular flexibility index (Phi) is 9.76. The van der Waals surface area contributed by atoms with E-state index in [1.807, 2.05) is 0 Å². The van der Waals surface area contributed by atoms with Gasteiger partial charge in [0, 0.05) is 24.5 Å². The van der Waals surface area contributed by atoms with Crippen LogP contribution in [-0.2, 0) is 0 Å². The summed E-state index contributed by atoms with van der Waals surface area (Å²) in [5.74, 6) is 0. The van der Waals surface area contributed by atoms with Gasteiger partial charge in [-0.1, -0.05) is 57.0 Å². The van der Waals surface area contributed by atoms with Crippen LogP contribution in [0.3, 0.4) is 0 Å². The standard InChI is InChI=1S/C28H34N4.2HI/c1-3-5-18-29-21-31(27-16-9-7-14-25(27)29)23-12-11-13-24(20-23)32-22-30(19-6-4-2)26-15-8-10-17-28(26)32;;/h7-17,20H,3-6,18-19,21-22H2,1-2H3;2*1H. The van der Waals surface area contributed by atoms with Gasteiger partial charge in [-0.05, 0) is 55.3 Å². The van der Waals surface area contributed by atoms with Crippen molar-refractivity contribution in [3.63, 3.8) is 0 Å². The summed E-state index contributed by atoms with van der Waals surface area (Å²) in [4.78, 5) is 9.96. The molecule has 34 heavy (non-hydrogen) atoms. The van der Waals surface area contributed by atoms with Crippen molar-refractivity contribution in [1.29, 1.82) is 0 Å². The Hall–Kier alpha value is -1.68. The molecule has 0 bridgehead atoms. The number of unbranched alkanes of at least 4 members (excludes halogenated alkanes) is 2. The van der Waals surface area contributed by atoms with Crippen LogP contribution in [0.15, 0.2) is 72.8 Å². The fourth-order valence-corrected chi connectivity index (χ4v) is 4.92. The van der Waals surface area contributed by atoms with E-state index in [2.05, 4.69) is 106 Å². The van der Waals surface area contributed by atoms with Crippen LogP contribution in [0.1, 0.15) is 39.5 Å². The van der Waals surface area contributed by atoms with E-state index in [0.717, 1.165) is 26.4 Å². The van der Waals surface area contributed by atoms with Crippen LogP contribution in [0.5, 0.6) is 0 Å². The third-order valence-corrected chi connectivity index (χ3v) is 6.67. The summed E-state index contributed by atoms with van der Waals surface area (Å²) in [6.45, 7) is 8.58. The van der Waals surface area contributed by atoms with Gasteiger partial charge in [-0.15, -0.1) is 48.0 Å². The molecule has 3 aromatic carbocycles. The van der Waals surface area contributed by atoms with Gasteiger partial charge < -0.3 is 19.6 Å². The fourth-order valence-electron chi connectivity index (χ4n) is 4.92. The summed E-state index contributed by atoms with van der Waals surface area (Å²) >= 11 is 0. The van der Waals surface area contributed by atoms with E-state index >= 15 is 0 Å². The quantitative estimate of drug-likeness (QED) is 0.222. The lowest BCUT2D eigenvalue weighted by molar-refractivity contribution is 0.734. The topological polar surface area (TPSA) is 13.0 Å². The highest BCUT2D eigenvalue weighted by atomic mass is 127. The van der Waals surface area contributed by atoms with Gasteiger partial charge in [0.05, 0.1) is 36.1 Å². The van der Waals surface area contributed by atoms with Crippen LogP contribution in [-0.4, -0.2) is 26.4 Å². The number of halogens is 2. The minimum atomic E-state index is 0. The van der Waals surface area contributed by atoms with Crippen molar-refractivity contribution >= 4 is 82.1 Å². The van der Waals surface area contributed by atoms with Gasteiger partial charge in [-0.3, -0.25) is 0 Å². The number of hydrogen-bond donors (Lipinski definition) is 0. The van der Waals surface area contributed by atoms with Crippen LogP contribution >= 0.6 is 48.0 Å². The monoisotopic (exact) mass is 682 g/mol. The second-order valence-electron chi connectivity index (χ2n) is 8.87. The zero-order valence-electron chi connectivity index (χ0n) is 20.2. The highest BCUT2D eigenvalue weighted by Crippen LogP contribution is 2.44. The zero-order valence-corrected chi connectivity index (χ0v) is 24.9. The molecule has 0 amide bonds. The van der Waals surface area contributed by atoms with Crippen molar-refractivity contribution in [3.05, 3.63) is 72.8 Å². The second kappa shape index (κ2) is 12.3. The van der Waals surface area contributed by atoms with Crippen molar-refractivity contribution in [2.75, 3.05) is 46.0 Å². The number of para-hydroxylation sites is 4. The van der Waals surface area contributed by atoms with Gasteiger partial charge >= 0.3 is 0 Å². The lowest BCUT2D eigenvalue weighted by Gasteiger charge is -2.25. The zero-order chi connectivity index (χ0) is 21.9. The molecule has 0 fully saturated rings. The van der Waals surface area contributed by atoms with Gasteiger partial charge in [0.15, 0.2) is 0 Å². The summed E-state index contributed by atoms with van der Waals surface area (Å²) in [5.41, 5.74) is 7.85. The smallest absolute Gasteiger partial charge is 0.0953 e. The average molecular weight is 682 g/mol. The van der Waals surface area contributed by atoms with E-state index in [1.165, 1.54) is 59.8 Å². The van der Waals surface area contributed by atoms with E-state index in [4.69, 9.17) is 0 Å². The van der Waals surface area contributed by atoms with Crippen LogP contribution in [0.25, 0.3) is 0 Å². The Morgan fingerprint density at radius 1 is 0.559 bits per heavy atom. The molecular formula is C28H36I2N4. The van der Waals surface area contributed by atoms with Crippen molar-refractivity contribution in [2.24, 2.45) is 0 Å². The number of rotatable bonds is 8. The first kappa shape index (κ1) is 26.9. The molecule has 0 saturated heterocycles. The predicted molar refractivity (Wildman–Crippen MR) is 169 cm³/mol. The van der Waals surface area contributed by atoms with E-state index < -0.39 is 0 Å². The first-order valence-corrected chi connectivity index (χ1v) is 12.1. The van der Waals surface area contributed by atoms with Gasteiger partial charge in [0.1, 0.15) is 0 Å². The lowest BCUT2D eigenvalue weighted by atomic mass is 10.2. The van der Waals surface area contributed by atoms with E-state index in [-0.39, 0.29) is 48.0 Å². The Balaban J connectivity index is 0.00000162. The Morgan fingerprint density at radius 3 is 1.38 bits per heavy atom. The van der Waals surface area contributed by atoms with Crippen LogP contribution < -0.4 is 19.6 Å². The first-order chi connectivity index (χ1) is 15.8. The fraction of sp³-hybridized carbons (Fsp3) is 0.357. The summed E-state index contributed by atoms with van der Waals surface area (Å²) in [5, 5.41) is 0. The molecule has 0 saturated carbocycles. The SMILES string of the molecule is CCCCN1CN(c2cccc(N3CN(CCCC)c4ccccc43)c2)c2ccccc21.I.I. The molecule has 2 heterocycles. The molecule has 0 N–H and O–H groups in total. The summed E-state index contributed by atoms with van der Waals surface area (Å²) in [7, 11) is 0. The molecular weight excluding hydrogens is 646 g/mol. The summed E-state index contributed by atoms with van der Waals surface area (Å²) < 4.78 is 0. The third kappa shape index (κ3) is 5.27. The van der Waals surface area contributed by atoms with Crippen molar-refractivity contribution in [1.82, 2.24) is 0 Å². The molecule has 0 atom stereocenters. The van der Waals surface area contributed by atoms with Gasteiger partial charge in [-0.2, -0.15) is 0 Å². The maximum Gasteiger partial charge on any atom is 0.0953 e. The molecule has 0 aliphatic carbocycles. The molecule has 3 aromatic rings. The second-order valence-corrected chi connectivity index (χ2v) is 8.87. The van der Waals surface area contributed by atoms with E-state index in [9.17, 15) is 0 Å². The molecule has 0 aromatic heterocycles. The predicted octanol–water partition coefficient (Wildman–Crippen LogP) is 8.35. The number of nitrogens with zero attached hydrogens (tertiary/aromatic N) is 4. The highest BCUT2D eigenvalue weighted by Gasteiger charge is 2.29. The van der Waals surface area contributed by atoms with Crippen LogP contribution in [0.4, 0.5) is 34.1 Å². The summed E-state index contributed by atoms with van der Waals surface area (Å²) in [6.07, 6.45) is 4.88. The minimum Gasteiger partial charge on any atom is -0.352 e. The molecule has 0 spiro atoms. The Morgan fingerprint density at radius 2 is 0.971 bits per heavy atom. The number of fused-ring (bicyclic) bond motifs is 2. The molecule has 2 aliphatic rings. The van der Waals surface area contributed by atoms with Crippen molar-refractivity contribution < 1.29 is 0 Å². The number of hydrogen-bond acceptors (Lipinski definition) is 4. The van der Waals surface area contributed by atoms with Gasteiger partial charge in [0.2, 0.25) is 0 Å². The largest absolute Gasteiger partial charge is 0.352 e. The molecule has 6 heteroatoms. The lowest BCUT2D eigenvalue weighted by Crippen LogP contribution is -2.29. The molecule has 5 rings (SSSR count). The molecule has 0 unspecified atom stereocenters. The average Bonchev–Trinajstić information content (AvgIpc) is 3.40. The Labute approximate surface area is 239 Å². The molecule has 182 valence electrons. The van der Waals surface area contributed by atoms with Crippen LogP contribution in [0.2, 0.25) is 0 Å². The summed E-state index contributed by atoms with van der Waals surface area (Å²) in [6, 6.07) is 26.7.